The Kier molecular flexibility index (Phi) is 5.49. The van der Waals surface area contributed by atoms with Crippen molar-refractivity contribution in [1.82, 2.24) is 15.2 Å². The van der Waals surface area contributed by atoms with Crippen LogP contribution in [0.2, 0.25) is 5.02 Å². The number of hydrogen-bond donors (Lipinski definition) is 1. The summed E-state index contributed by atoms with van der Waals surface area (Å²) >= 11 is 7.68. The Bertz CT molecular complexity index is 761. The molecule has 0 saturated heterocycles. The van der Waals surface area contributed by atoms with Gasteiger partial charge in [0.05, 0.1) is 19.7 Å². The molecule has 1 heterocycles. The van der Waals surface area contributed by atoms with Gasteiger partial charge in [0.25, 0.3) is 0 Å². The smallest absolute Gasteiger partial charge is 0.318 e. The summed E-state index contributed by atoms with van der Waals surface area (Å²) in [5.41, 5.74) is 1.87. The van der Waals surface area contributed by atoms with E-state index in [-0.39, 0.29) is 12.1 Å². The minimum Gasteiger partial charge on any atom is -0.496 e. The molecular formula is C18H22ClN3O2S. The summed E-state index contributed by atoms with van der Waals surface area (Å²) in [6.45, 7) is 2.40. The molecule has 1 N–H and O–H groups in total. The van der Waals surface area contributed by atoms with Crippen LogP contribution in [0, 0.1) is 12.8 Å². The number of urea groups is 1. The number of carbonyl (C=O) groups is 1. The molecule has 3 rings (SSSR count). The zero-order valence-electron chi connectivity index (χ0n) is 14.6. The first-order valence-electron chi connectivity index (χ1n) is 8.24. The summed E-state index contributed by atoms with van der Waals surface area (Å²) < 4.78 is 5.36. The van der Waals surface area contributed by atoms with Crippen LogP contribution in [0.25, 0.3) is 0 Å². The van der Waals surface area contributed by atoms with Crippen LogP contribution in [0.1, 0.15) is 35.1 Å². The molecule has 1 unspecified atom stereocenters. The molecule has 5 nitrogen and oxygen atoms in total. The van der Waals surface area contributed by atoms with Gasteiger partial charge in [0.1, 0.15) is 10.8 Å². The van der Waals surface area contributed by atoms with E-state index in [1.165, 1.54) is 0 Å². The van der Waals surface area contributed by atoms with Gasteiger partial charge < -0.3 is 15.0 Å². The number of hydrogen-bond acceptors (Lipinski definition) is 4. The fourth-order valence-electron chi connectivity index (χ4n) is 2.77. The maximum atomic E-state index is 12.7. The molecule has 0 bridgehead atoms. The van der Waals surface area contributed by atoms with Crippen LogP contribution in [0.3, 0.4) is 0 Å². The molecule has 0 spiro atoms. The van der Waals surface area contributed by atoms with Crippen LogP contribution in [-0.4, -0.2) is 30.1 Å². The number of ether oxygens (including phenoxy) is 1. The first kappa shape index (κ1) is 18.0. The lowest BCUT2D eigenvalue weighted by molar-refractivity contribution is 0.200. The van der Waals surface area contributed by atoms with Gasteiger partial charge in [0.2, 0.25) is 0 Å². The van der Waals surface area contributed by atoms with Gasteiger partial charge in [-0.2, -0.15) is 0 Å². The third-order valence-electron chi connectivity index (χ3n) is 4.27. The van der Waals surface area contributed by atoms with E-state index in [4.69, 9.17) is 16.3 Å². The van der Waals surface area contributed by atoms with Crippen LogP contribution in [0.15, 0.2) is 23.6 Å². The predicted octanol–water partition coefficient (Wildman–Crippen LogP) is 4.41. The normalized spacial score (nSPS) is 14.9. The van der Waals surface area contributed by atoms with E-state index in [0.29, 0.717) is 17.5 Å². The molecule has 1 aromatic carbocycles. The van der Waals surface area contributed by atoms with E-state index in [1.54, 1.807) is 36.5 Å². The maximum Gasteiger partial charge on any atom is 0.318 e. The molecule has 1 aliphatic rings. The summed E-state index contributed by atoms with van der Waals surface area (Å²) in [4.78, 5) is 18.9. The summed E-state index contributed by atoms with van der Waals surface area (Å²) in [6.07, 6.45) is 2.27. The van der Waals surface area contributed by atoms with Gasteiger partial charge in [0.15, 0.2) is 0 Å². The summed E-state index contributed by atoms with van der Waals surface area (Å²) in [5, 5.41) is 6.78. The van der Waals surface area contributed by atoms with Gasteiger partial charge in [-0.15, -0.1) is 11.3 Å². The van der Waals surface area contributed by atoms with E-state index in [0.717, 1.165) is 34.9 Å². The number of aromatic nitrogens is 1. The second kappa shape index (κ2) is 7.62. The zero-order valence-corrected chi connectivity index (χ0v) is 16.2. The molecule has 134 valence electrons. The Hall–Kier alpha value is -1.79. The summed E-state index contributed by atoms with van der Waals surface area (Å²) in [6, 6.07) is 5.29. The number of methoxy groups -OCH3 is 1. The van der Waals surface area contributed by atoms with E-state index in [9.17, 15) is 4.79 Å². The number of aryl methyl sites for hydroxylation is 1. The summed E-state index contributed by atoms with van der Waals surface area (Å²) in [7, 11) is 3.38. The maximum absolute atomic E-state index is 12.7. The number of thiazole rings is 1. The topological polar surface area (TPSA) is 54.5 Å². The Balaban J connectivity index is 1.68. The molecule has 25 heavy (non-hydrogen) atoms. The second-order valence-electron chi connectivity index (χ2n) is 6.40. The van der Waals surface area contributed by atoms with E-state index in [2.05, 4.69) is 10.3 Å². The molecule has 1 atom stereocenters. The molecule has 1 fully saturated rings. The van der Waals surface area contributed by atoms with Crippen molar-refractivity contribution >= 4 is 29.0 Å². The van der Waals surface area contributed by atoms with Gasteiger partial charge in [-0.05, 0) is 43.9 Å². The van der Waals surface area contributed by atoms with Gasteiger partial charge in [0, 0.05) is 28.7 Å². The Morgan fingerprint density at radius 1 is 1.52 bits per heavy atom. The zero-order chi connectivity index (χ0) is 18.0. The van der Waals surface area contributed by atoms with Crippen molar-refractivity contribution in [3.63, 3.8) is 0 Å². The molecule has 2 aromatic rings. The molecule has 7 heteroatoms. The minimum atomic E-state index is -0.119. The largest absolute Gasteiger partial charge is 0.496 e. The van der Waals surface area contributed by atoms with Gasteiger partial charge in [-0.1, -0.05) is 11.6 Å². The van der Waals surface area contributed by atoms with Gasteiger partial charge in [-0.25, -0.2) is 9.78 Å². The summed E-state index contributed by atoms with van der Waals surface area (Å²) in [5.74, 6) is 1.21. The predicted molar refractivity (Wildman–Crippen MR) is 100 cm³/mol. The lowest BCUT2D eigenvalue weighted by Crippen LogP contribution is -2.39. The molecule has 1 aliphatic carbocycles. The van der Waals surface area contributed by atoms with Crippen LogP contribution >= 0.6 is 22.9 Å². The average Bonchev–Trinajstić information content (AvgIpc) is 3.33. The van der Waals surface area contributed by atoms with Crippen molar-refractivity contribution in [1.29, 1.82) is 0 Å². The Morgan fingerprint density at radius 3 is 2.88 bits per heavy atom. The van der Waals surface area contributed by atoms with Crippen LogP contribution in [0.4, 0.5) is 4.79 Å². The standard InChI is InChI=1S/C18H22ClN3O2S/c1-11-10-25-17(20-11)16(12-4-5-12)21-18(23)22(2)9-13-8-14(19)6-7-15(13)24-3/h6-8,10,12,16H,4-5,9H2,1-3H3,(H,21,23). The number of rotatable bonds is 6. The number of nitrogens with one attached hydrogen (secondary N) is 1. The van der Waals surface area contributed by atoms with Crippen LogP contribution in [0.5, 0.6) is 5.75 Å². The minimum absolute atomic E-state index is 0.00472. The first-order valence-corrected chi connectivity index (χ1v) is 9.49. The fraction of sp³-hybridized carbons (Fsp3) is 0.444. The number of halogens is 1. The molecule has 2 amide bonds. The number of amides is 2. The second-order valence-corrected chi connectivity index (χ2v) is 7.73. The van der Waals surface area contributed by atoms with Gasteiger partial charge in [-0.3, -0.25) is 0 Å². The van der Waals surface area contributed by atoms with Crippen molar-refractivity contribution in [2.24, 2.45) is 5.92 Å². The monoisotopic (exact) mass is 379 g/mol. The average molecular weight is 380 g/mol. The van der Waals surface area contributed by atoms with Crippen molar-refractivity contribution in [3.05, 3.63) is 44.9 Å². The highest BCUT2D eigenvalue weighted by Gasteiger charge is 2.35. The SMILES string of the molecule is COc1ccc(Cl)cc1CN(C)C(=O)NC(c1nc(C)cs1)C1CC1. The van der Waals surface area contributed by atoms with Crippen molar-refractivity contribution in [2.45, 2.75) is 32.4 Å². The van der Waals surface area contributed by atoms with Crippen molar-refractivity contribution in [3.8, 4) is 5.75 Å². The van der Waals surface area contributed by atoms with Crippen molar-refractivity contribution < 1.29 is 9.53 Å². The van der Waals surface area contributed by atoms with Gasteiger partial charge >= 0.3 is 6.03 Å². The molecular weight excluding hydrogens is 358 g/mol. The lowest BCUT2D eigenvalue weighted by Gasteiger charge is -2.23. The third-order valence-corrected chi connectivity index (χ3v) is 5.55. The highest BCUT2D eigenvalue weighted by molar-refractivity contribution is 7.09. The van der Waals surface area contributed by atoms with E-state index >= 15 is 0 Å². The highest BCUT2D eigenvalue weighted by Crippen LogP contribution is 2.42. The Labute approximate surface area is 157 Å². The molecule has 1 aromatic heterocycles. The van der Waals surface area contributed by atoms with Crippen LogP contribution < -0.4 is 10.1 Å². The Morgan fingerprint density at radius 2 is 2.28 bits per heavy atom. The number of nitrogens with zero attached hydrogens (tertiary/aromatic N) is 2. The lowest BCUT2D eigenvalue weighted by atomic mass is 10.2. The highest BCUT2D eigenvalue weighted by atomic mass is 35.5. The number of benzene rings is 1. The molecule has 0 aliphatic heterocycles. The van der Waals surface area contributed by atoms with E-state index < -0.39 is 0 Å². The molecule has 1 saturated carbocycles. The quantitative estimate of drug-likeness (QED) is 0.808. The van der Waals surface area contributed by atoms with Crippen molar-refractivity contribution in [2.75, 3.05) is 14.2 Å². The van der Waals surface area contributed by atoms with Crippen LogP contribution in [-0.2, 0) is 6.54 Å². The van der Waals surface area contributed by atoms with E-state index in [1.807, 2.05) is 24.4 Å². The fourth-order valence-corrected chi connectivity index (χ4v) is 3.90. The first-order chi connectivity index (χ1) is 12.0. The molecule has 0 radical (unpaired) electrons. The number of carbonyl (C=O) groups excluding carboxylic acids is 1. The third kappa shape index (κ3) is 4.44.